The second-order valence-electron chi connectivity index (χ2n) is 6.68. The largest absolute Gasteiger partial charge is 0.392 e. The molecule has 1 heteroatoms. The summed E-state index contributed by atoms with van der Waals surface area (Å²) in [6, 6.07) is 0. The van der Waals surface area contributed by atoms with E-state index < -0.39 is 0 Å². The summed E-state index contributed by atoms with van der Waals surface area (Å²) in [6.45, 7) is 11.2. The van der Waals surface area contributed by atoms with Gasteiger partial charge in [-0.25, -0.2) is 0 Å². The van der Waals surface area contributed by atoms with Crippen LogP contribution in [0.25, 0.3) is 0 Å². The van der Waals surface area contributed by atoms with Gasteiger partial charge in [0.05, 0.1) is 6.61 Å². The molecule has 0 bridgehead atoms. The van der Waals surface area contributed by atoms with Gasteiger partial charge in [0.25, 0.3) is 0 Å². The van der Waals surface area contributed by atoms with Gasteiger partial charge in [-0.05, 0) is 72.1 Å². The highest BCUT2D eigenvalue weighted by Gasteiger charge is 2.01. The molecular formula is C20H36O. The lowest BCUT2D eigenvalue weighted by atomic mass is 9.96. The SMILES string of the molecule is CC(C)=CCC/C(C)=C/CC[C@@H](C)CCC/C(C)=C/CO. The minimum Gasteiger partial charge on any atom is -0.392 e. The highest BCUT2D eigenvalue weighted by Crippen LogP contribution is 2.18. The summed E-state index contributed by atoms with van der Waals surface area (Å²) < 4.78 is 0. The first-order valence-corrected chi connectivity index (χ1v) is 8.51. The van der Waals surface area contributed by atoms with Gasteiger partial charge in [-0.2, -0.15) is 0 Å². The van der Waals surface area contributed by atoms with E-state index in [1.54, 1.807) is 0 Å². The van der Waals surface area contributed by atoms with E-state index in [-0.39, 0.29) is 6.61 Å². The highest BCUT2D eigenvalue weighted by molar-refractivity contribution is 5.02. The predicted octanol–water partition coefficient (Wildman–Crippen LogP) is 6.20. The molecule has 0 amide bonds. The second kappa shape index (κ2) is 12.9. The summed E-state index contributed by atoms with van der Waals surface area (Å²) >= 11 is 0. The van der Waals surface area contributed by atoms with Crippen molar-refractivity contribution >= 4 is 0 Å². The predicted molar refractivity (Wildman–Crippen MR) is 95.5 cm³/mol. The van der Waals surface area contributed by atoms with Gasteiger partial charge in [0, 0.05) is 0 Å². The van der Waals surface area contributed by atoms with Gasteiger partial charge in [-0.3, -0.25) is 0 Å². The molecule has 0 rings (SSSR count). The van der Waals surface area contributed by atoms with Crippen LogP contribution in [0.5, 0.6) is 0 Å². The first kappa shape index (κ1) is 20.2. The van der Waals surface area contributed by atoms with Crippen LogP contribution in [0, 0.1) is 5.92 Å². The van der Waals surface area contributed by atoms with Crippen molar-refractivity contribution in [2.75, 3.05) is 6.61 Å². The molecule has 0 saturated carbocycles. The van der Waals surface area contributed by atoms with Gasteiger partial charge >= 0.3 is 0 Å². The highest BCUT2D eigenvalue weighted by atomic mass is 16.2. The van der Waals surface area contributed by atoms with Crippen molar-refractivity contribution in [3.63, 3.8) is 0 Å². The zero-order valence-electron chi connectivity index (χ0n) is 14.9. The van der Waals surface area contributed by atoms with Crippen molar-refractivity contribution in [3.8, 4) is 0 Å². The first-order chi connectivity index (χ1) is 9.95. The summed E-state index contributed by atoms with van der Waals surface area (Å²) in [5.41, 5.74) is 4.27. The van der Waals surface area contributed by atoms with Crippen LogP contribution in [0.15, 0.2) is 34.9 Å². The van der Waals surface area contributed by atoms with Crippen molar-refractivity contribution in [1.82, 2.24) is 0 Å². The normalized spacial score (nSPS) is 14.2. The van der Waals surface area contributed by atoms with Crippen molar-refractivity contribution < 1.29 is 5.11 Å². The van der Waals surface area contributed by atoms with Gasteiger partial charge in [-0.1, -0.05) is 48.3 Å². The fourth-order valence-electron chi connectivity index (χ4n) is 2.44. The van der Waals surface area contributed by atoms with E-state index in [9.17, 15) is 0 Å². The van der Waals surface area contributed by atoms with E-state index in [0.717, 1.165) is 12.3 Å². The lowest BCUT2D eigenvalue weighted by Gasteiger charge is -2.10. The monoisotopic (exact) mass is 292 g/mol. The van der Waals surface area contributed by atoms with Crippen LogP contribution >= 0.6 is 0 Å². The van der Waals surface area contributed by atoms with Crippen LogP contribution in [0.3, 0.4) is 0 Å². The van der Waals surface area contributed by atoms with Gasteiger partial charge in [-0.15, -0.1) is 0 Å². The van der Waals surface area contributed by atoms with Crippen LogP contribution in [0.1, 0.15) is 79.6 Å². The Morgan fingerprint density at radius 3 is 2.14 bits per heavy atom. The van der Waals surface area contributed by atoms with Crippen LogP contribution in [-0.2, 0) is 0 Å². The topological polar surface area (TPSA) is 20.2 Å². The van der Waals surface area contributed by atoms with E-state index in [4.69, 9.17) is 5.11 Å². The fourth-order valence-corrected chi connectivity index (χ4v) is 2.44. The average Bonchev–Trinajstić information content (AvgIpc) is 2.38. The Hall–Kier alpha value is -0.820. The van der Waals surface area contributed by atoms with Crippen molar-refractivity contribution in [2.24, 2.45) is 5.92 Å². The Bertz CT molecular complexity index is 343. The third kappa shape index (κ3) is 13.9. The van der Waals surface area contributed by atoms with Crippen molar-refractivity contribution in [1.29, 1.82) is 0 Å². The van der Waals surface area contributed by atoms with Crippen LogP contribution < -0.4 is 0 Å². The molecule has 0 fully saturated rings. The Morgan fingerprint density at radius 2 is 1.52 bits per heavy atom. The Kier molecular flexibility index (Phi) is 12.4. The molecule has 0 spiro atoms. The maximum atomic E-state index is 8.82. The fraction of sp³-hybridized carbons (Fsp3) is 0.700. The van der Waals surface area contributed by atoms with E-state index in [1.807, 2.05) is 6.08 Å². The standard InChI is InChI=1S/C20H36O/c1-17(2)9-6-10-18(3)11-7-12-19(4)13-8-14-20(5)15-16-21/h9,11,15,19,21H,6-8,10,12-14,16H2,1-5H3/b18-11+,20-15+/t19-/m1/s1. The van der Waals surface area contributed by atoms with Crippen molar-refractivity contribution in [2.45, 2.75) is 79.6 Å². The summed E-state index contributed by atoms with van der Waals surface area (Å²) in [6.07, 6.45) is 15.2. The summed E-state index contributed by atoms with van der Waals surface area (Å²) in [4.78, 5) is 0. The maximum absolute atomic E-state index is 8.82. The van der Waals surface area contributed by atoms with E-state index in [0.29, 0.717) is 0 Å². The molecule has 21 heavy (non-hydrogen) atoms. The molecule has 0 unspecified atom stereocenters. The molecular weight excluding hydrogens is 256 g/mol. The molecule has 0 radical (unpaired) electrons. The average molecular weight is 293 g/mol. The number of allylic oxidation sites excluding steroid dienone is 5. The van der Waals surface area contributed by atoms with E-state index in [2.05, 4.69) is 46.8 Å². The molecule has 1 nitrogen and oxygen atoms in total. The second-order valence-corrected chi connectivity index (χ2v) is 6.68. The zero-order valence-corrected chi connectivity index (χ0v) is 14.9. The molecule has 0 aliphatic heterocycles. The third-order valence-corrected chi connectivity index (χ3v) is 3.95. The van der Waals surface area contributed by atoms with Gasteiger partial charge in [0.2, 0.25) is 0 Å². The van der Waals surface area contributed by atoms with Crippen LogP contribution in [0.2, 0.25) is 0 Å². The number of hydrogen-bond donors (Lipinski definition) is 1. The molecule has 1 N–H and O–H groups in total. The maximum Gasteiger partial charge on any atom is 0.0614 e. The lowest BCUT2D eigenvalue weighted by molar-refractivity contribution is 0.341. The third-order valence-electron chi connectivity index (χ3n) is 3.95. The molecule has 1 atom stereocenters. The molecule has 0 aliphatic carbocycles. The molecule has 0 aliphatic rings. The number of hydrogen-bond acceptors (Lipinski definition) is 1. The van der Waals surface area contributed by atoms with Crippen molar-refractivity contribution in [3.05, 3.63) is 34.9 Å². The lowest BCUT2D eigenvalue weighted by Crippen LogP contribution is -1.95. The molecule has 0 aromatic carbocycles. The minimum atomic E-state index is 0.179. The van der Waals surface area contributed by atoms with Gasteiger partial charge in [0.1, 0.15) is 0 Å². The van der Waals surface area contributed by atoms with Gasteiger partial charge < -0.3 is 5.11 Å². The zero-order chi connectivity index (χ0) is 16.1. The first-order valence-electron chi connectivity index (χ1n) is 8.51. The van der Waals surface area contributed by atoms with Crippen LogP contribution in [0.4, 0.5) is 0 Å². The van der Waals surface area contributed by atoms with Crippen LogP contribution in [-0.4, -0.2) is 11.7 Å². The number of rotatable bonds is 11. The smallest absolute Gasteiger partial charge is 0.0614 e. The number of aliphatic hydroxyl groups excluding tert-OH is 1. The molecule has 122 valence electrons. The molecule has 0 saturated heterocycles. The Labute approximate surface area is 132 Å². The number of aliphatic hydroxyl groups is 1. The van der Waals surface area contributed by atoms with Gasteiger partial charge in [0.15, 0.2) is 0 Å². The minimum absolute atomic E-state index is 0.179. The van der Waals surface area contributed by atoms with E-state index >= 15 is 0 Å². The summed E-state index contributed by atoms with van der Waals surface area (Å²) in [7, 11) is 0. The Balaban J connectivity index is 3.75. The summed E-state index contributed by atoms with van der Waals surface area (Å²) in [5.74, 6) is 0.800. The molecule has 0 aromatic rings. The quantitative estimate of drug-likeness (QED) is 0.449. The Morgan fingerprint density at radius 1 is 0.857 bits per heavy atom. The molecule has 0 aromatic heterocycles. The summed E-state index contributed by atoms with van der Waals surface area (Å²) in [5, 5.41) is 8.82. The molecule has 0 heterocycles. The van der Waals surface area contributed by atoms with E-state index in [1.165, 1.54) is 55.2 Å².